The Bertz CT molecular complexity index is 604. The van der Waals surface area contributed by atoms with Crippen molar-refractivity contribution in [3.05, 3.63) is 29.8 Å². The van der Waals surface area contributed by atoms with Crippen LogP contribution in [0.25, 0.3) is 0 Å². The third-order valence-electron chi connectivity index (χ3n) is 5.10. The van der Waals surface area contributed by atoms with Crippen LogP contribution in [0.4, 0.5) is 0 Å². The van der Waals surface area contributed by atoms with E-state index in [0.29, 0.717) is 24.8 Å². The second-order valence-electron chi connectivity index (χ2n) is 8.14. The van der Waals surface area contributed by atoms with Crippen molar-refractivity contribution in [1.29, 1.82) is 0 Å². The van der Waals surface area contributed by atoms with Gasteiger partial charge in [-0.3, -0.25) is 9.59 Å². The first-order valence-corrected chi connectivity index (χ1v) is 10.1. The molecule has 1 aromatic carbocycles. The van der Waals surface area contributed by atoms with Crippen molar-refractivity contribution >= 4 is 11.7 Å². The normalized spacial score (nSPS) is 21.5. The topological polar surface area (TPSA) is 58.6 Å². The fraction of sp³-hybridized carbons (Fsp3) is 0.636. The average molecular weight is 375 g/mol. The molecular formula is C22H34N2O3. The number of ketones is 1. The summed E-state index contributed by atoms with van der Waals surface area (Å²) in [5.41, 5.74) is 0.665. The lowest BCUT2D eigenvalue weighted by atomic mass is 9.92. The number of benzene rings is 1. The van der Waals surface area contributed by atoms with Gasteiger partial charge in [-0.1, -0.05) is 13.8 Å². The maximum absolute atomic E-state index is 12.2. The Morgan fingerprint density at radius 3 is 2.37 bits per heavy atom. The van der Waals surface area contributed by atoms with Gasteiger partial charge in [-0.05, 0) is 55.9 Å². The first kappa shape index (κ1) is 21.4. The Kier molecular flexibility index (Phi) is 8.29. The van der Waals surface area contributed by atoms with Gasteiger partial charge in [0, 0.05) is 44.1 Å². The van der Waals surface area contributed by atoms with Crippen LogP contribution in [0.3, 0.4) is 0 Å². The van der Waals surface area contributed by atoms with Crippen molar-refractivity contribution in [2.75, 3.05) is 26.7 Å². The van der Waals surface area contributed by atoms with Crippen molar-refractivity contribution in [1.82, 2.24) is 10.2 Å². The van der Waals surface area contributed by atoms with E-state index in [4.69, 9.17) is 4.74 Å². The molecule has 0 spiro atoms. The lowest BCUT2D eigenvalue weighted by Crippen LogP contribution is -2.46. The van der Waals surface area contributed by atoms with Crippen LogP contribution >= 0.6 is 0 Å². The fourth-order valence-electron chi connectivity index (χ4n) is 4.05. The van der Waals surface area contributed by atoms with Crippen LogP contribution in [0.2, 0.25) is 0 Å². The number of carbonyl (C=O) groups is 2. The third kappa shape index (κ3) is 7.33. The molecule has 2 rings (SSSR count). The molecule has 1 saturated heterocycles. The first-order valence-electron chi connectivity index (χ1n) is 10.1. The van der Waals surface area contributed by atoms with Crippen LogP contribution in [0, 0.1) is 11.8 Å². The van der Waals surface area contributed by atoms with Crippen LogP contribution in [-0.4, -0.2) is 49.4 Å². The molecule has 1 aliphatic rings. The van der Waals surface area contributed by atoms with Gasteiger partial charge in [-0.15, -0.1) is 0 Å². The van der Waals surface area contributed by atoms with E-state index in [0.717, 1.165) is 37.2 Å². The highest BCUT2D eigenvalue weighted by molar-refractivity contribution is 5.96. The highest BCUT2D eigenvalue weighted by Crippen LogP contribution is 2.21. The summed E-state index contributed by atoms with van der Waals surface area (Å²) in [4.78, 5) is 26.8. The Balaban J connectivity index is 1.66. The van der Waals surface area contributed by atoms with Gasteiger partial charge in [-0.2, -0.15) is 0 Å². The van der Waals surface area contributed by atoms with Gasteiger partial charge in [0.05, 0.1) is 7.11 Å². The lowest BCUT2D eigenvalue weighted by molar-refractivity contribution is -0.121. The molecule has 0 bridgehead atoms. The van der Waals surface area contributed by atoms with E-state index in [1.165, 1.54) is 6.42 Å². The number of methoxy groups -OCH3 is 1. The molecule has 0 aromatic heterocycles. The molecule has 1 N–H and O–H groups in total. The maximum atomic E-state index is 12.2. The van der Waals surface area contributed by atoms with Crippen LogP contribution in [-0.2, 0) is 4.79 Å². The molecule has 5 heteroatoms. The summed E-state index contributed by atoms with van der Waals surface area (Å²) in [6, 6.07) is 7.23. The lowest BCUT2D eigenvalue weighted by Gasteiger charge is -2.36. The van der Waals surface area contributed by atoms with E-state index in [2.05, 4.69) is 31.0 Å². The number of amides is 1. The summed E-state index contributed by atoms with van der Waals surface area (Å²) >= 11 is 0. The molecule has 1 heterocycles. The smallest absolute Gasteiger partial charge is 0.220 e. The zero-order valence-electron chi connectivity index (χ0n) is 17.2. The number of likely N-dealkylation sites (tertiary alicyclic amines) is 1. The number of rotatable bonds is 9. The van der Waals surface area contributed by atoms with Gasteiger partial charge in [0.1, 0.15) is 5.75 Å². The number of hydrogen-bond acceptors (Lipinski definition) is 4. The SMILES string of the molecule is COc1ccc(C(=O)CCCC(=O)NC(C)CN2CC(C)CC(C)C2)cc1. The Morgan fingerprint density at radius 2 is 1.78 bits per heavy atom. The van der Waals surface area contributed by atoms with E-state index in [1.54, 1.807) is 31.4 Å². The molecule has 3 unspecified atom stereocenters. The van der Waals surface area contributed by atoms with Gasteiger partial charge in [0.15, 0.2) is 5.78 Å². The molecule has 1 aromatic rings. The maximum Gasteiger partial charge on any atom is 0.220 e. The van der Waals surface area contributed by atoms with Crippen LogP contribution in [0.5, 0.6) is 5.75 Å². The van der Waals surface area contributed by atoms with Crippen molar-refractivity contribution in [3.8, 4) is 5.75 Å². The summed E-state index contributed by atoms with van der Waals surface area (Å²) in [5, 5.41) is 3.08. The van der Waals surface area contributed by atoms with Crippen molar-refractivity contribution in [2.45, 2.75) is 52.5 Å². The van der Waals surface area contributed by atoms with E-state index in [9.17, 15) is 9.59 Å². The number of hydrogen-bond donors (Lipinski definition) is 1. The molecule has 1 amide bonds. The van der Waals surface area contributed by atoms with Gasteiger partial charge in [-0.25, -0.2) is 0 Å². The predicted octanol–water partition coefficient (Wildman–Crippen LogP) is 3.53. The second kappa shape index (κ2) is 10.5. The molecule has 1 aliphatic heterocycles. The number of piperidine rings is 1. The zero-order valence-corrected chi connectivity index (χ0v) is 17.2. The summed E-state index contributed by atoms with van der Waals surface area (Å²) in [6.45, 7) is 9.77. The quantitative estimate of drug-likeness (QED) is 0.672. The predicted molar refractivity (Wildman–Crippen MR) is 108 cm³/mol. The minimum absolute atomic E-state index is 0.0307. The van der Waals surface area contributed by atoms with Crippen molar-refractivity contribution in [3.63, 3.8) is 0 Å². The standard InChI is InChI=1S/C22H34N2O3/c1-16-12-17(2)14-24(13-16)15-18(3)23-22(26)7-5-6-21(25)19-8-10-20(27-4)11-9-19/h8-11,16-18H,5-7,12-15H2,1-4H3,(H,23,26). The number of carbonyl (C=O) groups excluding carboxylic acids is 2. The number of Topliss-reactive ketones (excluding diaryl/α,β-unsaturated/α-hetero) is 1. The van der Waals surface area contributed by atoms with Gasteiger partial charge in [0.25, 0.3) is 0 Å². The van der Waals surface area contributed by atoms with Crippen molar-refractivity contribution < 1.29 is 14.3 Å². The average Bonchev–Trinajstić information content (AvgIpc) is 2.60. The minimum Gasteiger partial charge on any atom is -0.497 e. The van der Waals surface area contributed by atoms with Crippen LogP contribution in [0.1, 0.15) is 56.8 Å². The molecule has 0 saturated carbocycles. The van der Waals surface area contributed by atoms with Gasteiger partial charge in [0.2, 0.25) is 5.91 Å². The zero-order chi connectivity index (χ0) is 19.8. The largest absolute Gasteiger partial charge is 0.497 e. The molecule has 3 atom stereocenters. The Labute approximate surface area is 163 Å². The Hall–Kier alpha value is -1.88. The Morgan fingerprint density at radius 1 is 1.15 bits per heavy atom. The van der Waals surface area contributed by atoms with Crippen LogP contribution < -0.4 is 10.1 Å². The van der Waals surface area contributed by atoms with Gasteiger partial charge < -0.3 is 15.0 Å². The van der Waals surface area contributed by atoms with Crippen LogP contribution in [0.15, 0.2) is 24.3 Å². The molecule has 0 aliphatic carbocycles. The monoisotopic (exact) mass is 374 g/mol. The van der Waals surface area contributed by atoms with E-state index in [1.807, 2.05) is 0 Å². The third-order valence-corrected chi connectivity index (χ3v) is 5.10. The molecule has 5 nitrogen and oxygen atoms in total. The number of nitrogens with zero attached hydrogens (tertiary/aromatic N) is 1. The molecule has 150 valence electrons. The highest BCUT2D eigenvalue weighted by atomic mass is 16.5. The molecule has 27 heavy (non-hydrogen) atoms. The summed E-state index contributed by atoms with van der Waals surface area (Å²) in [6.07, 6.45) is 2.63. The van der Waals surface area contributed by atoms with E-state index < -0.39 is 0 Å². The molecule has 1 fully saturated rings. The fourth-order valence-corrected chi connectivity index (χ4v) is 4.05. The number of nitrogens with one attached hydrogen (secondary N) is 1. The minimum atomic E-state index is 0.0307. The summed E-state index contributed by atoms with van der Waals surface area (Å²) < 4.78 is 5.10. The van der Waals surface area contributed by atoms with Crippen molar-refractivity contribution in [2.24, 2.45) is 11.8 Å². The molecule has 0 radical (unpaired) electrons. The highest BCUT2D eigenvalue weighted by Gasteiger charge is 2.23. The molecular weight excluding hydrogens is 340 g/mol. The van der Waals surface area contributed by atoms with Gasteiger partial charge >= 0.3 is 0 Å². The summed E-state index contributed by atoms with van der Waals surface area (Å²) in [7, 11) is 1.60. The first-order chi connectivity index (χ1) is 12.9. The summed E-state index contributed by atoms with van der Waals surface area (Å²) in [5.74, 6) is 2.27. The van der Waals surface area contributed by atoms with E-state index in [-0.39, 0.29) is 17.7 Å². The number of ether oxygens (including phenoxy) is 1. The van der Waals surface area contributed by atoms with E-state index >= 15 is 0 Å². The second-order valence-corrected chi connectivity index (χ2v) is 8.14.